The fourth-order valence-electron chi connectivity index (χ4n) is 2.96. The van der Waals surface area contributed by atoms with Gasteiger partial charge in [0.15, 0.2) is 0 Å². The van der Waals surface area contributed by atoms with Crippen LogP contribution < -0.4 is 10.6 Å². The first kappa shape index (κ1) is 10.6. The summed E-state index contributed by atoms with van der Waals surface area (Å²) in [6, 6.07) is 0.514. The van der Waals surface area contributed by atoms with Gasteiger partial charge in [0.05, 0.1) is 5.92 Å². The zero-order valence-corrected chi connectivity index (χ0v) is 10.0. The molecule has 3 nitrogen and oxygen atoms in total. The number of amides is 1. The van der Waals surface area contributed by atoms with Gasteiger partial charge < -0.3 is 10.6 Å². The third-order valence-electron chi connectivity index (χ3n) is 4.42. The molecule has 0 aromatic heterocycles. The zero-order chi connectivity index (χ0) is 11.1. The molecule has 1 amide bonds. The Labute approximate surface area is 97.4 Å². The first-order valence-corrected chi connectivity index (χ1v) is 6.77. The molecule has 2 saturated carbocycles. The van der Waals surface area contributed by atoms with Crippen LogP contribution in [0.5, 0.6) is 0 Å². The largest absolute Gasteiger partial charge is 0.353 e. The molecular weight excluding hydrogens is 200 g/mol. The third kappa shape index (κ3) is 2.10. The van der Waals surface area contributed by atoms with Crippen molar-refractivity contribution < 1.29 is 4.79 Å². The van der Waals surface area contributed by atoms with Gasteiger partial charge in [-0.1, -0.05) is 6.92 Å². The molecule has 3 fully saturated rings. The molecular formula is C13H22N2O. The zero-order valence-electron chi connectivity index (χ0n) is 10.0. The lowest BCUT2D eigenvalue weighted by molar-refractivity contribution is -0.126. The second-order valence-corrected chi connectivity index (χ2v) is 5.95. The maximum Gasteiger partial charge on any atom is 0.224 e. The summed E-state index contributed by atoms with van der Waals surface area (Å²) in [6.45, 7) is 4.04. The van der Waals surface area contributed by atoms with Gasteiger partial charge in [-0.15, -0.1) is 0 Å². The number of hydrogen-bond acceptors (Lipinski definition) is 2. The van der Waals surface area contributed by atoms with Crippen LogP contribution in [-0.2, 0) is 4.79 Å². The lowest BCUT2D eigenvalue weighted by Crippen LogP contribution is -2.43. The van der Waals surface area contributed by atoms with Crippen LogP contribution in [0.3, 0.4) is 0 Å². The quantitative estimate of drug-likeness (QED) is 0.749. The van der Waals surface area contributed by atoms with E-state index in [-0.39, 0.29) is 5.92 Å². The topological polar surface area (TPSA) is 41.1 Å². The second-order valence-electron chi connectivity index (χ2n) is 5.95. The van der Waals surface area contributed by atoms with Crippen LogP contribution in [0.15, 0.2) is 0 Å². The predicted molar refractivity (Wildman–Crippen MR) is 62.9 cm³/mol. The molecule has 3 heteroatoms. The minimum Gasteiger partial charge on any atom is -0.353 e. The fourth-order valence-corrected chi connectivity index (χ4v) is 2.96. The van der Waals surface area contributed by atoms with Crippen LogP contribution in [0.25, 0.3) is 0 Å². The van der Waals surface area contributed by atoms with Crippen molar-refractivity contribution in [3.8, 4) is 0 Å². The first-order chi connectivity index (χ1) is 7.75. The summed E-state index contributed by atoms with van der Waals surface area (Å²) < 4.78 is 0. The standard InChI is InChI=1S/C13H22N2O/c1-8-6-14-7-11(8)13(16)15-12(9-2-3-9)10-4-5-10/h8-12,14H,2-7H2,1H3,(H,15,16). The molecule has 3 aliphatic rings. The lowest BCUT2D eigenvalue weighted by atomic mass is 9.96. The normalized spacial score (nSPS) is 34.4. The smallest absolute Gasteiger partial charge is 0.224 e. The van der Waals surface area contributed by atoms with Gasteiger partial charge >= 0.3 is 0 Å². The number of nitrogens with one attached hydrogen (secondary N) is 2. The summed E-state index contributed by atoms with van der Waals surface area (Å²) in [5.41, 5.74) is 0. The molecule has 3 rings (SSSR count). The highest BCUT2D eigenvalue weighted by molar-refractivity contribution is 5.80. The monoisotopic (exact) mass is 222 g/mol. The second kappa shape index (κ2) is 4.02. The maximum atomic E-state index is 12.2. The van der Waals surface area contributed by atoms with Crippen LogP contribution in [0.1, 0.15) is 32.6 Å². The fraction of sp³-hybridized carbons (Fsp3) is 0.923. The maximum absolute atomic E-state index is 12.2. The van der Waals surface area contributed by atoms with Crippen molar-refractivity contribution in [3.05, 3.63) is 0 Å². The molecule has 0 radical (unpaired) electrons. The summed E-state index contributed by atoms with van der Waals surface area (Å²) >= 11 is 0. The Bertz CT molecular complexity index is 272. The highest BCUT2D eigenvalue weighted by atomic mass is 16.2. The highest BCUT2D eigenvalue weighted by Crippen LogP contribution is 2.44. The molecule has 0 aromatic carbocycles. The van der Waals surface area contributed by atoms with E-state index in [2.05, 4.69) is 17.6 Å². The molecule has 1 aliphatic heterocycles. The van der Waals surface area contributed by atoms with Crippen LogP contribution >= 0.6 is 0 Å². The van der Waals surface area contributed by atoms with Gasteiger partial charge in [0.25, 0.3) is 0 Å². The van der Waals surface area contributed by atoms with Crippen LogP contribution in [0.4, 0.5) is 0 Å². The Morgan fingerprint density at radius 3 is 2.25 bits per heavy atom. The molecule has 90 valence electrons. The summed E-state index contributed by atoms with van der Waals surface area (Å²) in [5, 5.41) is 6.64. The lowest BCUT2D eigenvalue weighted by Gasteiger charge is -2.21. The van der Waals surface area contributed by atoms with Crippen molar-refractivity contribution in [2.45, 2.75) is 38.6 Å². The number of rotatable bonds is 4. The van der Waals surface area contributed by atoms with E-state index >= 15 is 0 Å². The third-order valence-corrected chi connectivity index (χ3v) is 4.42. The SMILES string of the molecule is CC1CNCC1C(=O)NC(C1CC1)C1CC1. The molecule has 1 saturated heterocycles. The van der Waals surface area contributed by atoms with E-state index in [9.17, 15) is 4.79 Å². The molecule has 2 N–H and O–H groups in total. The molecule has 0 aromatic rings. The predicted octanol–water partition coefficient (Wildman–Crippen LogP) is 1.15. The summed E-state index contributed by atoms with van der Waals surface area (Å²) in [6.07, 6.45) is 5.33. The number of carbonyl (C=O) groups is 1. The Kier molecular flexibility index (Phi) is 2.66. The van der Waals surface area contributed by atoms with Gasteiger partial charge in [0.2, 0.25) is 5.91 Å². The van der Waals surface area contributed by atoms with Crippen molar-refractivity contribution in [2.75, 3.05) is 13.1 Å². The van der Waals surface area contributed by atoms with Crippen LogP contribution in [0, 0.1) is 23.7 Å². The summed E-state index contributed by atoms with van der Waals surface area (Å²) in [7, 11) is 0. The Morgan fingerprint density at radius 2 is 1.81 bits per heavy atom. The molecule has 0 bridgehead atoms. The van der Waals surface area contributed by atoms with E-state index < -0.39 is 0 Å². The van der Waals surface area contributed by atoms with Crippen molar-refractivity contribution in [1.29, 1.82) is 0 Å². The first-order valence-electron chi connectivity index (χ1n) is 6.77. The van der Waals surface area contributed by atoms with Gasteiger partial charge in [-0.2, -0.15) is 0 Å². The van der Waals surface area contributed by atoms with E-state index in [0.29, 0.717) is 17.9 Å². The molecule has 16 heavy (non-hydrogen) atoms. The average molecular weight is 222 g/mol. The molecule has 1 heterocycles. The molecule has 2 aliphatic carbocycles. The van der Waals surface area contributed by atoms with Gasteiger partial charge in [0.1, 0.15) is 0 Å². The van der Waals surface area contributed by atoms with Crippen molar-refractivity contribution in [3.63, 3.8) is 0 Å². The molecule has 2 unspecified atom stereocenters. The Morgan fingerprint density at radius 1 is 1.19 bits per heavy atom. The van der Waals surface area contributed by atoms with E-state index in [1.54, 1.807) is 0 Å². The van der Waals surface area contributed by atoms with E-state index in [0.717, 1.165) is 24.9 Å². The van der Waals surface area contributed by atoms with E-state index in [1.807, 2.05) is 0 Å². The number of hydrogen-bond donors (Lipinski definition) is 2. The summed E-state index contributed by atoms with van der Waals surface area (Å²) in [4.78, 5) is 12.2. The van der Waals surface area contributed by atoms with Gasteiger partial charge in [-0.3, -0.25) is 4.79 Å². The minimum absolute atomic E-state index is 0.208. The van der Waals surface area contributed by atoms with Crippen LogP contribution in [-0.4, -0.2) is 25.0 Å². The van der Waals surface area contributed by atoms with Gasteiger partial charge in [0, 0.05) is 12.6 Å². The Balaban J connectivity index is 1.57. The van der Waals surface area contributed by atoms with E-state index in [4.69, 9.17) is 0 Å². The molecule has 0 spiro atoms. The summed E-state index contributed by atoms with van der Waals surface area (Å²) in [5.74, 6) is 2.63. The average Bonchev–Trinajstić information content (AvgIpc) is 3.14. The van der Waals surface area contributed by atoms with Crippen molar-refractivity contribution in [2.24, 2.45) is 23.7 Å². The minimum atomic E-state index is 0.208. The van der Waals surface area contributed by atoms with Gasteiger partial charge in [-0.25, -0.2) is 0 Å². The number of carbonyl (C=O) groups excluding carboxylic acids is 1. The highest BCUT2D eigenvalue weighted by Gasteiger charge is 2.43. The molecule has 2 atom stereocenters. The van der Waals surface area contributed by atoms with Gasteiger partial charge in [-0.05, 0) is 50.0 Å². The van der Waals surface area contributed by atoms with Crippen molar-refractivity contribution in [1.82, 2.24) is 10.6 Å². The van der Waals surface area contributed by atoms with Crippen molar-refractivity contribution >= 4 is 5.91 Å². The van der Waals surface area contributed by atoms with E-state index in [1.165, 1.54) is 25.7 Å². The van der Waals surface area contributed by atoms with Crippen LogP contribution in [0.2, 0.25) is 0 Å². The Hall–Kier alpha value is -0.570.